The lowest BCUT2D eigenvalue weighted by molar-refractivity contribution is 0.460. The first-order valence-electron chi connectivity index (χ1n) is 4.88. The van der Waals surface area contributed by atoms with Gasteiger partial charge in [-0.05, 0) is 37.1 Å². The van der Waals surface area contributed by atoms with E-state index in [9.17, 15) is 0 Å². The van der Waals surface area contributed by atoms with Gasteiger partial charge in [0.1, 0.15) is 5.75 Å². The van der Waals surface area contributed by atoms with Crippen LogP contribution in [0.25, 0.3) is 0 Å². The summed E-state index contributed by atoms with van der Waals surface area (Å²) in [5.74, 6) is 1.05. The quantitative estimate of drug-likeness (QED) is 0.797. The smallest absolute Gasteiger partial charge is 0.257 e. The molecule has 3 nitrogen and oxygen atoms in total. The van der Waals surface area contributed by atoms with Gasteiger partial charge in [0, 0.05) is 12.4 Å². The zero-order chi connectivity index (χ0) is 11.5. The third-order valence-electron chi connectivity index (χ3n) is 2.03. The molecule has 0 aliphatic rings. The average Bonchev–Trinajstić information content (AvgIpc) is 2.20. The van der Waals surface area contributed by atoms with Crippen molar-refractivity contribution in [3.8, 4) is 11.6 Å². The standard InChI is InChI=1S/C12H11ClN2O/c1-8-5-9(2)7-10(6-8)16-12-11(13)14-3-4-15-12/h3-7H,1-2H3. The molecule has 0 atom stereocenters. The summed E-state index contributed by atoms with van der Waals surface area (Å²) in [4.78, 5) is 7.91. The van der Waals surface area contributed by atoms with Crippen LogP contribution in [0.1, 0.15) is 11.1 Å². The highest BCUT2D eigenvalue weighted by Gasteiger charge is 2.05. The molecule has 0 spiro atoms. The highest BCUT2D eigenvalue weighted by molar-refractivity contribution is 6.30. The second kappa shape index (κ2) is 4.49. The van der Waals surface area contributed by atoms with E-state index in [0.717, 1.165) is 16.9 Å². The molecule has 0 aliphatic heterocycles. The predicted octanol–water partition coefficient (Wildman–Crippen LogP) is 3.54. The second-order valence-electron chi connectivity index (χ2n) is 3.58. The minimum atomic E-state index is 0.265. The maximum absolute atomic E-state index is 5.86. The Bertz CT molecular complexity index is 494. The van der Waals surface area contributed by atoms with Crippen molar-refractivity contribution in [2.24, 2.45) is 0 Å². The Morgan fingerprint density at radius 3 is 2.25 bits per heavy atom. The highest BCUT2D eigenvalue weighted by atomic mass is 35.5. The fraction of sp³-hybridized carbons (Fsp3) is 0.167. The monoisotopic (exact) mass is 234 g/mol. The summed E-state index contributed by atoms with van der Waals surface area (Å²) >= 11 is 5.86. The number of aromatic nitrogens is 2. The molecule has 1 heterocycles. The summed E-state index contributed by atoms with van der Waals surface area (Å²) in [5, 5.41) is 0.265. The van der Waals surface area contributed by atoms with Crippen molar-refractivity contribution in [3.63, 3.8) is 0 Å². The Labute approximate surface area is 99.1 Å². The number of aryl methyl sites for hydroxylation is 2. The molecule has 0 fully saturated rings. The number of benzene rings is 1. The van der Waals surface area contributed by atoms with E-state index in [2.05, 4.69) is 16.0 Å². The lowest BCUT2D eigenvalue weighted by Crippen LogP contribution is -1.91. The van der Waals surface area contributed by atoms with E-state index in [-0.39, 0.29) is 5.15 Å². The Balaban J connectivity index is 2.30. The van der Waals surface area contributed by atoms with Crippen LogP contribution in [0.3, 0.4) is 0 Å². The topological polar surface area (TPSA) is 35.0 Å². The van der Waals surface area contributed by atoms with Crippen LogP contribution in [0.2, 0.25) is 5.15 Å². The van der Waals surface area contributed by atoms with Crippen LogP contribution in [0.4, 0.5) is 0 Å². The molecule has 82 valence electrons. The van der Waals surface area contributed by atoms with Crippen LogP contribution in [-0.4, -0.2) is 9.97 Å². The van der Waals surface area contributed by atoms with Crippen molar-refractivity contribution in [3.05, 3.63) is 46.9 Å². The van der Waals surface area contributed by atoms with E-state index in [1.165, 1.54) is 6.20 Å². The molecule has 0 unspecified atom stereocenters. The van der Waals surface area contributed by atoms with Gasteiger partial charge >= 0.3 is 0 Å². The SMILES string of the molecule is Cc1cc(C)cc(Oc2nccnc2Cl)c1. The lowest BCUT2D eigenvalue weighted by atomic mass is 10.1. The maximum Gasteiger partial charge on any atom is 0.257 e. The van der Waals surface area contributed by atoms with Crippen molar-refractivity contribution in [1.82, 2.24) is 9.97 Å². The predicted molar refractivity (Wildman–Crippen MR) is 63.0 cm³/mol. The maximum atomic E-state index is 5.86. The first kappa shape index (κ1) is 10.9. The molecule has 0 saturated carbocycles. The molecule has 1 aromatic heterocycles. The van der Waals surface area contributed by atoms with Gasteiger partial charge in [0.2, 0.25) is 0 Å². The van der Waals surface area contributed by atoms with E-state index in [4.69, 9.17) is 16.3 Å². The molecule has 0 N–H and O–H groups in total. The molecule has 0 aliphatic carbocycles. The fourth-order valence-electron chi connectivity index (χ4n) is 1.48. The van der Waals surface area contributed by atoms with Crippen molar-refractivity contribution >= 4 is 11.6 Å². The second-order valence-corrected chi connectivity index (χ2v) is 3.94. The third-order valence-corrected chi connectivity index (χ3v) is 2.29. The summed E-state index contributed by atoms with van der Waals surface area (Å²) < 4.78 is 5.57. The van der Waals surface area contributed by atoms with Gasteiger partial charge in [-0.2, -0.15) is 0 Å². The van der Waals surface area contributed by atoms with Gasteiger partial charge < -0.3 is 4.74 Å². The Morgan fingerprint density at radius 2 is 1.62 bits per heavy atom. The normalized spacial score (nSPS) is 10.2. The minimum Gasteiger partial charge on any atom is -0.436 e. The van der Waals surface area contributed by atoms with Crippen LogP contribution < -0.4 is 4.74 Å². The summed E-state index contributed by atoms with van der Waals surface area (Å²) in [6.45, 7) is 4.02. The number of ether oxygens (including phenoxy) is 1. The summed E-state index contributed by atoms with van der Waals surface area (Å²) in [6.07, 6.45) is 3.07. The first-order chi connectivity index (χ1) is 7.65. The zero-order valence-corrected chi connectivity index (χ0v) is 9.82. The minimum absolute atomic E-state index is 0.265. The molecular weight excluding hydrogens is 224 g/mol. The summed E-state index contributed by atoms with van der Waals surface area (Å²) in [6, 6.07) is 5.93. The first-order valence-corrected chi connectivity index (χ1v) is 5.25. The van der Waals surface area contributed by atoms with E-state index >= 15 is 0 Å². The number of hydrogen-bond donors (Lipinski definition) is 0. The number of rotatable bonds is 2. The zero-order valence-electron chi connectivity index (χ0n) is 9.07. The van der Waals surface area contributed by atoms with Gasteiger partial charge in [-0.1, -0.05) is 17.7 Å². The molecule has 0 radical (unpaired) electrons. The van der Waals surface area contributed by atoms with Crippen LogP contribution in [0.5, 0.6) is 11.6 Å². The molecule has 2 rings (SSSR count). The Morgan fingerprint density at radius 1 is 1.00 bits per heavy atom. The van der Waals surface area contributed by atoms with Crippen molar-refractivity contribution in [2.75, 3.05) is 0 Å². The fourth-order valence-corrected chi connectivity index (χ4v) is 1.62. The molecule has 0 bridgehead atoms. The van der Waals surface area contributed by atoms with E-state index in [0.29, 0.717) is 5.88 Å². The number of halogens is 1. The Kier molecular flexibility index (Phi) is 3.06. The van der Waals surface area contributed by atoms with E-state index in [1.807, 2.05) is 26.0 Å². The van der Waals surface area contributed by atoms with Gasteiger partial charge in [-0.3, -0.25) is 0 Å². The molecule has 16 heavy (non-hydrogen) atoms. The van der Waals surface area contributed by atoms with Crippen LogP contribution >= 0.6 is 11.6 Å². The van der Waals surface area contributed by atoms with E-state index < -0.39 is 0 Å². The Hall–Kier alpha value is -1.61. The van der Waals surface area contributed by atoms with Crippen LogP contribution in [0, 0.1) is 13.8 Å². The number of nitrogens with zero attached hydrogens (tertiary/aromatic N) is 2. The highest BCUT2D eigenvalue weighted by Crippen LogP contribution is 2.26. The van der Waals surface area contributed by atoms with Crippen LogP contribution in [0.15, 0.2) is 30.6 Å². The van der Waals surface area contributed by atoms with Crippen molar-refractivity contribution < 1.29 is 4.74 Å². The summed E-state index contributed by atoms with van der Waals surface area (Å²) in [7, 11) is 0. The van der Waals surface area contributed by atoms with Gasteiger partial charge in [-0.25, -0.2) is 9.97 Å². The average molecular weight is 235 g/mol. The van der Waals surface area contributed by atoms with Gasteiger partial charge in [0.25, 0.3) is 5.88 Å². The lowest BCUT2D eigenvalue weighted by Gasteiger charge is -2.07. The molecule has 2 aromatic rings. The van der Waals surface area contributed by atoms with Crippen molar-refractivity contribution in [2.45, 2.75) is 13.8 Å². The van der Waals surface area contributed by atoms with Gasteiger partial charge in [0.15, 0.2) is 5.15 Å². The molecule has 0 amide bonds. The van der Waals surface area contributed by atoms with E-state index in [1.54, 1.807) is 6.20 Å². The number of hydrogen-bond acceptors (Lipinski definition) is 3. The van der Waals surface area contributed by atoms with Crippen LogP contribution in [-0.2, 0) is 0 Å². The van der Waals surface area contributed by atoms with Gasteiger partial charge in [-0.15, -0.1) is 0 Å². The van der Waals surface area contributed by atoms with Crippen molar-refractivity contribution in [1.29, 1.82) is 0 Å². The largest absolute Gasteiger partial charge is 0.436 e. The van der Waals surface area contributed by atoms with Gasteiger partial charge in [0.05, 0.1) is 0 Å². The molecule has 1 aromatic carbocycles. The molecular formula is C12H11ClN2O. The summed E-state index contributed by atoms with van der Waals surface area (Å²) in [5.41, 5.74) is 2.27. The third kappa shape index (κ3) is 2.49. The molecule has 0 saturated heterocycles. The molecule has 4 heteroatoms.